The Hall–Kier alpha value is -3.24. The van der Waals surface area contributed by atoms with E-state index in [1.54, 1.807) is 55.5 Å². The van der Waals surface area contributed by atoms with Gasteiger partial charge in [-0.15, -0.1) is 0 Å². The molecule has 4 nitrogen and oxygen atoms in total. The molecule has 0 heterocycles. The molecule has 2 atom stereocenters. The monoisotopic (exact) mass is 418 g/mol. The molecule has 0 radical (unpaired) electrons. The molecule has 3 aromatic rings. The largest absolute Gasteiger partial charge is 0.481 e. The molecule has 0 aliphatic carbocycles. The van der Waals surface area contributed by atoms with Gasteiger partial charge in [-0.25, -0.2) is 0 Å². The summed E-state index contributed by atoms with van der Waals surface area (Å²) in [6, 6.07) is 25.6. The average molecular weight is 419 g/mol. The van der Waals surface area contributed by atoms with Gasteiger partial charge in [0.1, 0.15) is 6.10 Å². The van der Waals surface area contributed by atoms with Crippen LogP contribution in [0, 0.1) is 5.92 Å². The molecular formula is C27H30O4. The zero-order valence-corrected chi connectivity index (χ0v) is 18.2. The van der Waals surface area contributed by atoms with E-state index in [4.69, 9.17) is 5.11 Å². The van der Waals surface area contributed by atoms with Crippen molar-refractivity contribution in [2.75, 3.05) is 0 Å². The molecule has 2 unspecified atom stereocenters. The number of aliphatic hydroxyl groups excluding tert-OH is 1. The van der Waals surface area contributed by atoms with E-state index in [-0.39, 0.29) is 5.78 Å². The van der Waals surface area contributed by atoms with E-state index in [0.717, 1.165) is 12.0 Å². The van der Waals surface area contributed by atoms with Crippen LogP contribution >= 0.6 is 0 Å². The Labute approximate surface area is 184 Å². The number of hydrogen-bond acceptors (Lipinski definition) is 3. The molecule has 0 spiro atoms. The van der Waals surface area contributed by atoms with Crippen LogP contribution in [0.4, 0.5) is 0 Å². The SMILES string of the molecule is CC(C)Cc1ccc(C(C)C(=O)O)cc1.O=C(c1ccccc1)C(O)c1ccccc1. The van der Waals surface area contributed by atoms with Crippen molar-refractivity contribution < 1.29 is 19.8 Å². The first kappa shape index (κ1) is 24.0. The smallest absolute Gasteiger partial charge is 0.310 e. The first-order valence-corrected chi connectivity index (χ1v) is 10.4. The fourth-order valence-electron chi connectivity index (χ4n) is 3.10. The van der Waals surface area contributed by atoms with Gasteiger partial charge < -0.3 is 10.2 Å². The predicted octanol–water partition coefficient (Wildman–Crippen LogP) is 5.68. The second-order valence-electron chi connectivity index (χ2n) is 7.94. The van der Waals surface area contributed by atoms with Gasteiger partial charge >= 0.3 is 5.97 Å². The molecule has 0 aliphatic rings. The Morgan fingerprint density at radius 3 is 1.74 bits per heavy atom. The molecule has 3 rings (SSSR count). The van der Waals surface area contributed by atoms with Crippen molar-refractivity contribution in [3.63, 3.8) is 0 Å². The van der Waals surface area contributed by atoms with Crippen LogP contribution in [-0.4, -0.2) is 22.0 Å². The van der Waals surface area contributed by atoms with Gasteiger partial charge in [0.2, 0.25) is 0 Å². The molecule has 0 saturated heterocycles. The Morgan fingerprint density at radius 2 is 1.26 bits per heavy atom. The lowest BCUT2D eigenvalue weighted by Gasteiger charge is -2.09. The Bertz CT molecular complexity index is 948. The molecule has 162 valence electrons. The standard InChI is InChI=1S/C14H12O2.C13H18O2/c15-13(11-7-3-1-4-8-11)14(16)12-9-5-2-6-10-12;1-9(2)8-11-4-6-12(7-5-11)10(3)13(14)15/h1-10,13,15H;4-7,9-10H,8H2,1-3H3,(H,14,15). The van der Waals surface area contributed by atoms with Crippen LogP contribution in [0.15, 0.2) is 84.9 Å². The minimum atomic E-state index is -1.08. The van der Waals surface area contributed by atoms with Gasteiger partial charge in [-0.1, -0.05) is 98.8 Å². The first-order chi connectivity index (χ1) is 14.8. The van der Waals surface area contributed by atoms with Crippen LogP contribution < -0.4 is 0 Å². The summed E-state index contributed by atoms with van der Waals surface area (Å²) in [7, 11) is 0. The summed E-state index contributed by atoms with van der Waals surface area (Å²) in [5.41, 5.74) is 3.29. The highest BCUT2D eigenvalue weighted by Crippen LogP contribution is 2.18. The van der Waals surface area contributed by atoms with Crippen LogP contribution in [0.2, 0.25) is 0 Å². The molecule has 3 aromatic carbocycles. The molecule has 4 heteroatoms. The van der Waals surface area contributed by atoms with E-state index >= 15 is 0 Å². The lowest BCUT2D eigenvalue weighted by atomic mass is 9.97. The van der Waals surface area contributed by atoms with E-state index in [0.29, 0.717) is 17.0 Å². The second-order valence-corrected chi connectivity index (χ2v) is 7.94. The number of Topliss-reactive ketones (excluding diaryl/α,β-unsaturated/α-hetero) is 1. The summed E-state index contributed by atoms with van der Waals surface area (Å²) in [5.74, 6) is -0.829. The summed E-state index contributed by atoms with van der Waals surface area (Å²) in [6.45, 7) is 6.06. The van der Waals surface area contributed by atoms with Crippen molar-refractivity contribution >= 4 is 11.8 Å². The number of aliphatic carboxylic acids is 1. The highest BCUT2D eigenvalue weighted by Gasteiger charge is 2.18. The van der Waals surface area contributed by atoms with Crippen molar-refractivity contribution in [3.05, 3.63) is 107 Å². The number of aliphatic hydroxyl groups is 1. The zero-order valence-electron chi connectivity index (χ0n) is 18.2. The summed E-state index contributed by atoms with van der Waals surface area (Å²) in [6.07, 6.45) is -0.0366. The summed E-state index contributed by atoms with van der Waals surface area (Å²) in [5, 5.41) is 18.7. The fourth-order valence-corrected chi connectivity index (χ4v) is 3.10. The highest BCUT2D eigenvalue weighted by atomic mass is 16.4. The minimum absolute atomic E-state index is 0.271. The van der Waals surface area contributed by atoms with Crippen LogP contribution in [0.5, 0.6) is 0 Å². The Morgan fingerprint density at radius 1 is 0.742 bits per heavy atom. The van der Waals surface area contributed by atoms with Crippen LogP contribution in [0.25, 0.3) is 0 Å². The number of rotatable bonds is 7. The van der Waals surface area contributed by atoms with E-state index in [2.05, 4.69) is 13.8 Å². The van der Waals surface area contributed by atoms with Gasteiger partial charge in [0.05, 0.1) is 5.92 Å². The maximum Gasteiger partial charge on any atom is 0.310 e. The van der Waals surface area contributed by atoms with Gasteiger partial charge in [0.25, 0.3) is 0 Å². The van der Waals surface area contributed by atoms with Crippen LogP contribution in [0.3, 0.4) is 0 Å². The second kappa shape index (κ2) is 11.8. The molecule has 0 aromatic heterocycles. The molecule has 2 N–H and O–H groups in total. The summed E-state index contributed by atoms with van der Waals surface area (Å²) < 4.78 is 0. The normalized spacial score (nSPS) is 12.4. The summed E-state index contributed by atoms with van der Waals surface area (Å²) in [4.78, 5) is 22.7. The van der Waals surface area contributed by atoms with Crippen LogP contribution in [0.1, 0.15) is 59.8 Å². The van der Waals surface area contributed by atoms with Gasteiger partial charge in [0, 0.05) is 5.56 Å². The molecular weight excluding hydrogens is 388 g/mol. The highest BCUT2D eigenvalue weighted by molar-refractivity contribution is 5.99. The maximum absolute atomic E-state index is 11.9. The number of carbonyl (C=O) groups is 2. The van der Waals surface area contributed by atoms with Gasteiger partial charge in [-0.3, -0.25) is 9.59 Å². The molecule has 0 saturated carbocycles. The molecule has 0 fully saturated rings. The average Bonchev–Trinajstić information content (AvgIpc) is 2.79. The summed E-state index contributed by atoms with van der Waals surface area (Å²) >= 11 is 0. The number of carboxylic acids is 1. The third-order valence-electron chi connectivity index (χ3n) is 4.92. The number of hydrogen-bond donors (Lipinski definition) is 2. The quantitative estimate of drug-likeness (QED) is 0.484. The number of benzene rings is 3. The number of carbonyl (C=O) groups excluding carboxylic acids is 1. The topological polar surface area (TPSA) is 74.6 Å². The van der Waals surface area contributed by atoms with Crippen LogP contribution in [-0.2, 0) is 11.2 Å². The van der Waals surface area contributed by atoms with Gasteiger partial charge in [-0.2, -0.15) is 0 Å². The fraction of sp³-hybridized carbons (Fsp3) is 0.259. The first-order valence-electron chi connectivity index (χ1n) is 10.4. The third-order valence-corrected chi connectivity index (χ3v) is 4.92. The number of carboxylic acid groups (broad SMARTS) is 1. The minimum Gasteiger partial charge on any atom is -0.481 e. The van der Waals surface area contributed by atoms with E-state index in [1.165, 1.54) is 5.56 Å². The van der Waals surface area contributed by atoms with E-state index < -0.39 is 18.0 Å². The molecule has 0 amide bonds. The number of ketones is 1. The van der Waals surface area contributed by atoms with Crippen molar-refractivity contribution in [1.82, 2.24) is 0 Å². The van der Waals surface area contributed by atoms with Crippen molar-refractivity contribution in [2.45, 2.75) is 39.2 Å². The Balaban J connectivity index is 0.000000221. The molecule has 0 bridgehead atoms. The van der Waals surface area contributed by atoms with E-state index in [9.17, 15) is 14.7 Å². The molecule has 31 heavy (non-hydrogen) atoms. The third kappa shape index (κ3) is 7.50. The Kier molecular flexibility index (Phi) is 9.16. The van der Waals surface area contributed by atoms with Crippen molar-refractivity contribution in [1.29, 1.82) is 0 Å². The predicted molar refractivity (Wildman–Crippen MR) is 123 cm³/mol. The lowest BCUT2D eigenvalue weighted by molar-refractivity contribution is -0.138. The molecule has 0 aliphatic heterocycles. The van der Waals surface area contributed by atoms with E-state index in [1.807, 2.05) is 36.4 Å². The van der Waals surface area contributed by atoms with Gasteiger partial charge in [-0.05, 0) is 36.0 Å². The van der Waals surface area contributed by atoms with Gasteiger partial charge in [0.15, 0.2) is 5.78 Å². The maximum atomic E-state index is 11.9. The lowest BCUT2D eigenvalue weighted by Crippen LogP contribution is -2.11. The zero-order chi connectivity index (χ0) is 22.8. The van der Waals surface area contributed by atoms with Crippen molar-refractivity contribution in [2.24, 2.45) is 5.92 Å². The van der Waals surface area contributed by atoms with Crippen molar-refractivity contribution in [3.8, 4) is 0 Å².